The molecule has 0 aliphatic rings. The van der Waals surface area contributed by atoms with Crippen LogP contribution in [0.15, 0.2) is 15.9 Å². The second-order valence-corrected chi connectivity index (χ2v) is 1.57. The summed E-state index contributed by atoms with van der Waals surface area (Å²) >= 11 is 0. The normalized spacial score (nSPS) is 9.30. The van der Waals surface area contributed by atoms with E-state index < -0.39 is 11.4 Å². The average molecular weight is 142 g/mol. The van der Waals surface area contributed by atoms with E-state index >= 15 is 0 Å². The fourth-order valence-corrected chi connectivity index (χ4v) is 0.506. The van der Waals surface area contributed by atoms with Gasteiger partial charge < -0.3 is 5.43 Å². The lowest BCUT2D eigenvalue weighted by molar-refractivity contribution is 0.763. The third-order valence-corrected chi connectivity index (χ3v) is 0.964. The summed E-state index contributed by atoms with van der Waals surface area (Å²) in [5, 5.41) is 0. The third kappa shape index (κ3) is 1.04. The van der Waals surface area contributed by atoms with Gasteiger partial charge in [-0.1, -0.05) is 0 Å². The Labute approximate surface area is 55.5 Å². The Kier molecular flexibility index (Phi) is 1.53. The summed E-state index contributed by atoms with van der Waals surface area (Å²) in [4.78, 5) is 26.3. The van der Waals surface area contributed by atoms with E-state index in [1.165, 1.54) is 0 Å². The first kappa shape index (κ1) is 6.53. The van der Waals surface area contributed by atoms with Crippen LogP contribution >= 0.6 is 0 Å². The Morgan fingerprint density at radius 1 is 1.70 bits per heavy atom. The van der Waals surface area contributed by atoms with E-state index in [1.54, 1.807) is 7.05 Å². The molecule has 0 aromatic carbocycles. The number of H-pyrrole nitrogens is 1. The Bertz CT molecular complexity index is 325. The summed E-state index contributed by atoms with van der Waals surface area (Å²) in [6, 6.07) is 0. The minimum absolute atomic E-state index is 0.525. The maximum Gasteiger partial charge on any atom is 0.350 e. The SMILES string of the molecule is CNn1cnc(=O)[nH]c1=O. The zero-order valence-electron chi connectivity index (χ0n) is 5.29. The standard InChI is InChI=1S/C4H6N4O2/c1-5-8-2-6-3(9)7-4(8)10/h2,5H,1H3,(H,7,9,10). The van der Waals surface area contributed by atoms with E-state index in [2.05, 4.69) is 10.4 Å². The molecule has 0 bridgehead atoms. The van der Waals surface area contributed by atoms with E-state index in [1.807, 2.05) is 4.98 Å². The monoisotopic (exact) mass is 142 g/mol. The van der Waals surface area contributed by atoms with Gasteiger partial charge in [-0.15, -0.1) is 0 Å². The fourth-order valence-electron chi connectivity index (χ4n) is 0.506. The van der Waals surface area contributed by atoms with Crippen LogP contribution in [0.4, 0.5) is 0 Å². The van der Waals surface area contributed by atoms with E-state index in [4.69, 9.17) is 0 Å². The van der Waals surface area contributed by atoms with Crippen LogP contribution in [0.25, 0.3) is 0 Å². The molecule has 1 heterocycles. The van der Waals surface area contributed by atoms with Gasteiger partial charge in [0.15, 0.2) is 0 Å². The highest BCUT2D eigenvalue weighted by atomic mass is 16.2. The maximum absolute atomic E-state index is 10.7. The van der Waals surface area contributed by atoms with Crippen LogP contribution in [0.2, 0.25) is 0 Å². The van der Waals surface area contributed by atoms with Crippen molar-refractivity contribution in [1.29, 1.82) is 0 Å². The molecule has 54 valence electrons. The Hall–Kier alpha value is -1.59. The van der Waals surface area contributed by atoms with Gasteiger partial charge in [0.1, 0.15) is 6.33 Å². The van der Waals surface area contributed by atoms with Crippen LogP contribution < -0.4 is 16.8 Å². The lowest BCUT2D eigenvalue weighted by Gasteiger charge is -1.98. The van der Waals surface area contributed by atoms with Gasteiger partial charge >= 0.3 is 11.4 Å². The highest BCUT2D eigenvalue weighted by molar-refractivity contribution is 4.70. The molecule has 0 radical (unpaired) electrons. The summed E-state index contributed by atoms with van der Waals surface area (Å²) in [5.41, 5.74) is 1.33. The lowest BCUT2D eigenvalue weighted by atomic mass is 11.0. The molecular formula is C4H6N4O2. The quantitative estimate of drug-likeness (QED) is 0.480. The van der Waals surface area contributed by atoms with Gasteiger partial charge in [0.05, 0.1) is 0 Å². The van der Waals surface area contributed by atoms with Gasteiger partial charge in [-0.3, -0.25) is 4.98 Å². The molecule has 6 nitrogen and oxygen atoms in total. The molecule has 0 saturated carbocycles. The molecule has 1 aromatic rings. The zero-order valence-corrected chi connectivity index (χ0v) is 5.29. The average Bonchev–Trinajstić information content (AvgIpc) is 1.88. The summed E-state index contributed by atoms with van der Waals surface area (Å²) in [5.74, 6) is 0. The van der Waals surface area contributed by atoms with Crippen molar-refractivity contribution in [1.82, 2.24) is 14.6 Å². The smallest absolute Gasteiger partial charge is 0.324 e. The van der Waals surface area contributed by atoms with Crippen molar-refractivity contribution in [2.45, 2.75) is 0 Å². The molecule has 0 fully saturated rings. The Morgan fingerprint density at radius 2 is 2.40 bits per heavy atom. The Balaban J connectivity index is 3.34. The Morgan fingerprint density at radius 3 is 2.90 bits per heavy atom. The van der Waals surface area contributed by atoms with Crippen molar-refractivity contribution < 1.29 is 0 Å². The van der Waals surface area contributed by atoms with Crippen LogP contribution in [0.1, 0.15) is 0 Å². The number of rotatable bonds is 1. The predicted octanol–water partition coefficient (Wildman–Crippen LogP) is -1.90. The topological polar surface area (TPSA) is 79.8 Å². The molecule has 10 heavy (non-hydrogen) atoms. The largest absolute Gasteiger partial charge is 0.350 e. The van der Waals surface area contributed by atoms with Gasteiger partial charge in [-0.25, -0.2) is 9.59 Å². The maximum atomic E-state index is 10.7. The third-order valence-electron chi connectivity index (χ3n) is 0.964. The minimum Gasteiger partial charge on any atom is -0.324 e. The van der Waals surface area contributed by atoms with Crippen LogP contribution in [0.3, 0.4) is 0 Å². The van der Waals surface area contributed by atoms with Gasteiger partial charge in [-0.05, 0) is 0 Å². The van der Waals surface area contributed by atoms with Gasteiger partial charge in [0.2, 0.25) is 0 Å². The van der Waals surface area contributed by atoms with Crippen molar-refractivity contribution in [3.05, 3.63) is 27.3 Å². The molecule has 0 aliphatic heterocycles. The first-order valence-corrected chi connectivity index (χ1v) is 2.60. The van der Waals surface area contributed by atoms with Crippen LogP contribution in [0.5, 0.6) is 0 Å². The van der Waals surface area contributed by atoms with Gasteiger partial charge in [0, 0.05) is 7.05 Å². The van der Waals surface area contributed by atoms with E-state index in [-0.39, 0.29) is 0 Å². The van der Waals surface area contributed by atoms with Gasteiger partial charge in [-0.2, -0.15) is 9.66 Å². The zero-order chi connectivity index (χ0) is 7.56. The molecule has 0 saturated heterocycles. The van der Waals surface area contributed by atoms with E-state index in [0.29, 0.717) is 0 Å². The number of aromatic nitrogens is 3. The summed E-state index contributed by atoms with van der Waals surface area (Å²) in [6.45, 7) is 0. The van der Waals surface area contributed by atoms with Crippen molar-refractivity contribution in [2.75, 3.05) is 12.5 Å². The molecule has 0 unspecified atom stereocenters. The van der Waals surface area contributed by atoms with Crippen molar-refractivity contribution >= 4 is 0 Å². The molecule has 0 amide bonds. The number of aromatic amines is 1. The van der Waals surface area contributed by atoms with Crippen molar-refractivity contribution in [2.24, 2.45) is 0 Å². The molecule has 1 rings (SSSR count). The number of nitrogens with one attached hydrogen (secondary N) is 2. The summed E-state index contributed by atoms with van der Waals surface area (Å²) in [6.07, 6.45) is 1.11. The molecule has 1 aromatic heterocycles. The molecule has 0 spiro atoms. The van der Waals surface area contributed by atoms with Crippen LogP contribution in [0, 0.1) is 0 Å². The van der Waals surface area contributed by atoms with Crippen LogP contribution in [-0.4, -0.2) is 21.7 Å². The van der Waals surface area contributed by atoms with Gasteiger partial charge in [0.25, 0.3) is 0 Å². The number of nitrogens with zero attached hydrogens (tertiary/aromatic N) is 2. The van der Waals surface area contributed by atoms with Crippen molar-refractivity contribution in [3.8, 4) is 0 Å². The summed E-state index contributed by atoms with van der Waals surface area (Å²) < 4.78 is 1.06. The molecular weight excluding hydrogens is 136 g/mol. The van der Waals surface area contributed by atoms with E-state index in [0.717, 1.165) is 11.0 Å². The first-order valence-electron chi connectivity index (χ1n) is 2.60. The highest BCUT2D eigenvalue weighted by Crippen LogP contribution is 1.56. The molecule has 2 N–H and O–H groups in total. The molecule has 6 heteroatoms. The minimum atomic E-state index is -0.642. The van der Waals surface area contributed by atoms with E-state index in [9.17, 15) is 9.59 Å². The second-order valence-electron chi connectivity index (χ2n) is 1.57. The number of hydrogen-bond donors (Lipinski definition) is 2. The molecule has 0 atom stereocenters. The van der Waals surface area contributed by atoms with Crippen LogP contribution in [-0.2, 0) is 0 Å². The fraction of sp³-hybridized carbons (Fsp3) is 0.250. The second kappa shape index (κ2) is 2.34. The first-order chi connectivity index (χ1) is 4.74. The highest BCUT2D eigenvalue weighted by Gasteiger charge is 1.90. The number of hydrogen-bond acceptors (Lipinski definition) is 4. The summed E-state index contributed by atoms with van der Waals surface area (Å²) in [7, 11) is 1.54. The lowest BCUT2D eigenvalue weighted by Crippen LogP contribution is -2.34. The predicted molar refractivity (Wildman–Crippen MR) is 34.4 cm³/mol. The van der Waals surface area contributed by atoms with Crippen molar-refractivity contribution in [3.63, 3.8) is 0 Å². The molecule has 0 aliphatic carbocycles.